The Bertz CT molecular complexity index is 1160. The lowest BCUT2D eigenvalue weighted by Crippen LogP contribution is -2.52. The van der Waals surface area contributed by atoms with E-state index in [0.29, 0.717) is 11.3 Å². The number of rotatable bonds is 4. The van der Waals surface area contributed by atoms with E-state index in [-0.39, 0.29) is 17.4 Å². The summed E-state index contributed by atoms with van der Waals surface area (Å²) >= 11 is 1.50. The molecule has 0 fully saturated rings. The Morgan fingerprint density at radius 2 is 1.81 bits per heavy atom. The van der Waals surface area contributed by atoms with Crippen LogP contribution in [-0.4, -0.2) is 23.8 Å². The van der Waals surface area contributed by atoms with E-state index in [0.717, 1.165) is 15.3 Å². The molecule has 0 aliphatic carbocycles. The molecule has 1 unspecified atom stereocenters. The number of carbonyl (C=O) groups is 1. The number of nitrogens with zero attached hydrogens (tertiary/aromatic N) is 2. The zero-order valence-corrected chi connectivity index (χ0v) is 17.9. The van der Waals surface area contributed by atoms with Crippen molar-refractivity contribution in [3.8, 4) is 10.4 Å². The fourth-order valence-corrected chi connectivity index (χ4v) is 5.00. The van der Waals surface area contributed by atoms with Crippen molar-refractivity contribution in [2.75, 3.05) is 12.8 Å². The molecule has 4 rings (SSSR count). The van der Waals surface area contributed by atoms with Crippen molar-refractivity contribution in [2.24, 2.45) is 10.7 Å². The second kappa shape index (κ2) is 7.77. The van der Waals surface area contributed by atoms with E-state index >= 15 is 0 Å². The number of alkyl halides is 2. The number of hydrogen-bond acceptors (Lipinski definition) is 5. The summed E-state index contributed by atoms with van der Waals surface area (Å²) in [5.74, 6) is -0.825. The zero-order chi connectivity index (χ0) is 22.3. The number of likely N-dealkylation sites (N-methyl/N-ethyl adjacent to an activating group) is 1. The summed E-state index contributed by atoms with van der Waals surface area (Å²) in [5, 5.41) is 0. The van der Waals surface area contributed by atoms with Crippen molar-refractivity contribution < 1.29 is 13.6 Å². The number of halogens is 2. The number of aliphatic imine (C=N–C) groups is 1. The first kappa shape index (κ1) is 21.0. The van der Waals surface area contributed by atoms with Gasteiger partial charge < -0.3 is 11.5 Å². The minimum Gasteiger partial charge on any atom is -0.399 e. The summed E-state index contributed by atoms with van der Waals surface area (Å²) in [4.78, 5) is 21.1. The van der Waals surface area contributed by atoms with Crippen LogP contribution in [0.2, 0.25) is 0 Å². The molecule has 1 aliphatic rings. The van der Waals surface area contributed by atoms with Crippen molar-refractivity contribution in [1.29, 1.82) is 0 Å². The first-order valence-electron chi connectivity index (χ1n) is 9.68. The van der Waals surface area contributed by atoms with Crippen LogP contribution in [0.15, 0.2) is 65.7 Å². The van der Waals surface area contributed by atoms with E-state index in [2.05, 4.69) is 0 Å². The third kappa shape index (κ3) is 3.67. The first-order valence-corrected chi connectivity index (χ1v) is 10.5. The fourth-order valence-electron chi connectivity index (χ4n) is 3.88. The van der Waals surface area contributed by atoms with E-state index in [4.69, 9.17) is 16.5 Å². The van der Waals surface area contributed by atoms with Gasteiger partial charge in [-0.1, -0.05) is 36.4 Å². The van der Waals surface area contributed by atoms with E-state index in [9.17, 15) is 13.6 Å². The van der Waals surface area contributed by atoms with Crippen LogP contribution in [0.1, 0.15) is 35.3 Å². The van der Waals surface area contributed by atoms with E-state index in [1.807, 2.05) is 43.3 Å². The Kier molecular flexibility index (Phi) is 5.26. The summed E-state index contributed by atoms with van der Waals surface area (Å²) in [5.41, 5.74) is 13.1. The van der Waals surface area contributed by atoms with Crippen LogP contribution in [0.25, 0.3) is 10.4 Å². The lowest BCUT2D eigenvalue weighted by Gasteiger charge is -2.40. The quantitative estimate of drug-likeness (QED) is 0.576. The van der Waals surface area contributed by atoms with Gasteiger partial charge in [0.2, 0.25) is 5.91 Å². The van der Waals surface area contributed by atoms with Crippen molar-refractivity contribution in [3.05, 3.63) is 76.7 Å². The van der Waals surface area contributed by atoms with Gasteiger partial charge in [-0.2, -0.15) is 0 Å². The van der Waals surface area contributed by atoms with Gasteiger partial charge >= 0.3 is 0 Å². The lowest BCUT2D eigenvalue weighted by molar-refractivity contribution is -0.130. The van der Waals surface area contributed by atoms with Gasteiger partial charge in [0, 0.05) is 28.1 Å². The lowest BCUT2D eigenvalue weighted by atomic mass is 9.77. The number of hydrogen-bond donors (Lipinski definition) is 2. The summed E-state index contributed by atoms with van der Waals surface area (Å²) in [6, 6.07) is 17.3. The molecule has 1 aromatic heterocycles. The third-order valence-electron chi connectivity index (χ3n) is 5.63. The van der Waals surface area contributed by atoms with Crippen molar-refractivity contribution in [3.63, 3.8) is 0 Å². The van der Waals surface area contributed by atoms with Crippen LogP contribution in [0.5, 0.6) is 0 Å². The van der Waals surface area contributed by atoms with Gasteiger partial charge in [-0.3, -0.25) is 9.69 Å². The van der Waals surface area contributed by atoms with Gasteiger partial charge in [0.25, 0.3) is 6.43 Å². The van der Waals surface area contributed by atoms with Gasteiger partial charge in [0.15, 0.2) is 5.96 Å². The molecule has 0 saturated carbocycles. The number of nitrogens with two attached hydrogens (primary N) is 2. The third-order valence-corrected chi connectivity index (χ3v) is 6.99. The zero-order valence-electron chi connectivity index (χ0n) is 17.0. The summed E-state index contributed by atoms with van der Waals surface area (Å²) in [6.45, 7) is 1.85. The Labute approximate surface area is 183 Å². The molecule has 160 valence electrons. The number of carbonyl (C=O) groups excluding carboxylic acids is 1. The van der Waals surface area contributed by atoms with Crippen LogP contribution in [0.4, 0.5) is 14.5 Å². The Morgan fingerprint density at radius 3 is 2.45 bits per heavy atom. The van der Waals surface area contributed by atoms with Crippen LogP contribution in [-0.2, 0) is 10.3 Å². The first-order chi connectivity index (χ1) is 14.7. The second-order valence-corrected chi connectivity index (χ2v) is 8.79. The fraction of sp³-hybridized carbons (Fsp3) is 0.217. The molecule has 0 saturated heterocycles. The molecule has 1 amide bonds. The van der Waals surface area contributed by atoms with Gasteiger partial charge in [-0.05, 0) is 42.3 Å². The molecule has 3 aromatic rings. The van der Waals surface area contributed by atoms with Crippen LogP contribution in [0.3, 0.4) is 0 Å². The molecule has 0 spiro atoms. The molecule has 2 heterocycles. The summed E-state index contributed by atoms with van der Waals surface area (Å²) in [7, 11) is 1.56. The Morgan fingerprint density at radius 1 is 1.10 bits per heavy atom. The smallest absolute Gasteiger partial charge is 0.263 e. The average Bonchev–Trinajstić information content (AvgIpc) is 3.24. The predicted octanol–water partition coefficient (Wildman–Crippen LogP) is 4.72. The van der Waals surface area contributed by atoms with E-state index in [1.54, 1.807) is 19.2 Å². The molecule has 2 aromatic carbocycles. The maximum atomic E-state index is 13.3. The highest BCUT2D eigenvalue weighted by molar-refractivity contribution is 7.15. The number of guanidine groups is 1. The van der Waals surface area contributed by atoms with Crippen molar-refractivity contribution in [1.82, 2.24) is 4.90 Å². The highest BCUT2D eigenvalue weighted by Crippen LogP contribution is 2.47. The molecule has 4 N–H and O–H groups in total. The van der Waals surface area contributed by atoms with Crippen LogP contribution >= 0.6 is 11.3 Å². The van der Waals surface area contributed by atoms with Gasteiger partial charge in [0.1, 0.15) is 5.54 Å². The molecule has 8 heteroatoms. The number of benzene rings is 2. The highest BCUT2D eigenvalue weighted by Gasteiger charge is 2.48. The molecule has 31 heavy (non-hydrogen) atoms. The molecule has 5 nitrogen and oxygen atoms in total. The number of thiophene rings is 1. The molecule has 2 atom stereocenters. The topological polar surface area (TPSA) is 84.7 Å². The minimum atomic E-state index is -2.57. The average molecular weight is 441 g/mol. The van der Waals surface area contributed by atoms with Gasteiger partial charge in [-0.15, -0.1) is 11.3 Å². The molecular weight excluding hydrogens is 418 g/mol. The second-order valence-electron chi connectivity index (χ2n) is 7.70. The van der Waals surface area contributed by atoms with Crippen molar-refractivity contribution in [2.45, 2.75) is 24.8 Å². The SMILES string of the molecule is CN1C(=O)C(c2ccc(C(F)F)cc2)[C@@](C)(c2ccc(-c3cccc(N)c3)s2)N=C1N. The highest BCUT2D eigenvalue weighted by atomic mass is 32.1. The van der Waals surface area contributed by atoms with Gasteiger partial charge in [-0.25, -0.2) is 13.8 Å². The molecule has 1 aliphatic heterocycles. The standard InChI is InChI=1S/C23H22F2N4OS/c1-23(18-11-10-17(31-18)15-4-3-5-16(26)12-15)19(21(30)29(2)22(27)28-23)13-6-8-14(9-7-13)20(24)25/h3-12,19-20H,26H2,1-2H3,(H2,27,28)/t19?,23-/m1/s1. The predicted molar refractivity (Wildman–Crippen MR) is 120 cm³/mol. The minimum absolute atomic E-state index is 0.0924. The van der Waals surface area contributed by atoms with Gasteiger partial charge in [0.05, 0.1) is 5.92 Å². The summed E-state index contributed by atoms with van der Waals surface area (Å²) < 4.78 is 26.0. The molecular formula is C23H22F2N4OS. The molecule has 0 radical (unpaired) electrons. The number of amides is 1. The van der Waals surface area contributed by atoms with E-state index < -0.39 is 17.9 Å². The van der Waals surface area contributed by atoms with Crippen molar-refractivity contribution >= 4 is 28.9 Å². The largest absolute Gasteiger partial charge is 0.399 e. The Balaban J connectivity index is 1.81. The Hall–Kier alpha value is -3.26. The maximum Gasteiger partial charge on any atom is 0.263 e. The maximum absolute atomic E-state index is 13.3. The van der Waals surface area contributed by atoms with Crippen LogP contribution < -0.4 is 11.5 Å². The summed E-state index contributed by atoms with van der Waals surface area (Å²) in [6.07, 6.45) is -2.57. The van der Waals surface area contributed by atoms with Crippen LogP contribution in [0, 0.1) is 0 Å². The normalized spacial score (nSPS) is 21.5. The van der Waals surface area contributed by atoms with E-state index in [1.165, 1.54) is 28.4 Å². The monoisotopic (exact) mass is 440 g/mol. The number of anilines is 1. The molecule has 0 bridgehead atoms. The number of nitrogen functional groups attached to an aromatic ring is 1.